The summed E-state index contributed by atoms with van der Waals surface area (Å²) in [6.45, 7) is 3.74. The summed E-state index contributed by atoms with van der Waals surface area (Å²) in [6, 6.07) is 12.2. The number of nitrogens with zero attached hydrogens (tertiary/aromatic N) is 2. The fourth-order valence-electron chi connectivity index (χ4n) is 2.76. The van der Waals surface area contributed by atoms with Crippen LogP contribution in [0.15, 0.2) is 42.6 Å². The zero-order valence-electron chi connectivity index (χ0n) is 12.4. The van der Waals surface area contributed by atoms with Crippen molar-refractivity contribution in [2.24, 2.45) is 5.92 Å². The number of nitrogens with one attached hydrogen (secondary N) is 1. The topological polar surface area (TPSA) is 39.1 Å². The van der Waals surface area contributed by atoms with Crippen LogP contribution in [0.5, 0.6) is 0 Å². The molecule has 1 aromatic heterocycles. The highest BCUT2D eigenvalue weighted by atomic mass is 16.5. The van der Waals surface area contributed by atoms with Gasteiger partial charge in [-0.15, -0.1) is 0 Å². The predicted octanol–water partition coefficient (Wildman–Crippen LogP) is 2.78. The van der Waals surface area contributed by atoms with Crippen molar-refractivity contribution in [2.75, 3.05) is 19.7 Å². The molecule has 2 heterocycles. The van der Waals surface area contributed by atoms with E-state index in [2.05, 4.69) is 10.4 Å². The van der Waals surface area contributed by atoms with Gasteiger partial charge in [-0.25, -0.2) is 4.68 Å². The van der Waals surface area contributed by atoms with Gasteiger partial charge >= 0.3 is 0 Å². The van der Waals surface area contributed by atoms with Crippen LogP contribution in [0, 0.1) is 5.92 Å². The van der Waals surface area contributed by atoms with Gasteiger partial charge in [-0.1, -0.05) is 18.2 Å². The van der Waals surface area contributed by atoms with E-state index in [1.54, 1.807) is 0 Å². The van der Waals surface area contributed by atoms with E-state index in [9.17, 15) is 0 Å². The Bertz CT molecular complexity index is 532. The fraction of sp³-hybridized carbons (Fsp3) is 0.471. The monoisotopic (exact) mass is 285 g/mol. The van der Waals surface area contributed by atoms with Crippen molar-refractivity contribution in [2.45, 2.75) is 25.9 Å². The van der Waals surface area contributed by atoms with Crippen molar-refractivity contribution >= 4 is 0 Å². The van der Waals surface area contributed by atoms with Gasteiger partial charge in [-0.2, -0.15) is 5.10 Å². The number of hydrogen-bond donors (Lipinski definition) is 1. The highest BCUT2D eigenvalue weighted by molar-refractivity contribution is 5.30. The van der Waals surface area contributed by atoms with Gasteiger partial charge in [0.1, 0.15) is 0 Å². The van der Waals surface area contributed by atoms with Crippen LogP contribution >= 0.6 is 0 Å². The molecule has 1 aliphatic rings. The maximum absolute atomic E-state index is 5.77. The van der Waals surface area contributed by atoms with E-state index >= 15 is 0 Å². The Morgan fingerprint density at radius 1 is 1.24 bits per heavy atom. The number of benzene rings is 1. The largest absolute Gasteiger partial charge is 0.375 e. The zero-order valence-corrected chi connectivity index (χ0v) is 12.4. The summed E-state index contributed by atoms with van der Waals surface area (Å²) in [5.74, 6) is 0.778. The van der Waals surface area contributed by atoms with E-state index in [0.29, 0.717) is 6.61 Å². The summed E-state index contributed by atoms with van der Waals surface area (Å²) in [5, 5.41) is 7.99. The van der Waals surface area contributed by atoms with Crippen molar-refractivity contribution in [3.05, 3.63) is 48.3 Å². The first-order valence-corrected chi connectivity index (χ1v) is 7.80. The summed E-state index contributed by atoms with van der Waals surface area (Å²) < 4.78 is 7.66. The summed E-state index contributed by atoms with van der Waals surface area (Å²) in [7, 11) is 0. The van der Waals surface area contributed by atoms with Crippen molar-refractivity contribution in [3.8, 4) is 5.69 Å². The molecule has 0 radical (unpaired) electrons. The van der Waals surface area contributed by atoms with Crippen LogP contribution in [-0.4, -0.2) is 29.5 Å². The lowest BCUT2D eigenvalue weighted by molar-refractivity contribution is 0.101. The van der Waals surface area contributed by atoms with E-state index < -0.39 is 0 Å². The molecule has 21 heavy (non-hydrogen) atoms. The predicted molar refractivity (Wildman–Crippen MR) is 83.4 cm³/mol. The second-order valence-electron chi connectivity index (χ2n) is 5.64. The maximum atomic E-state index is 5.77. The molecule has 1 atom stereocenters. The van der Waals surface area contributed by atoms with E-state index in [1.807, 2.05) is 47.3 Å². The van der Waals surface area contributed by atoms with Crippen LogP contribution in [0.25, 0.3) is 5.69 Å². The summed E-state index contributed by atoms with van der Waals surface area (Å²) in [4.78, 5) is 0. The van der Waals surface area contributed by atoms with E-state index in [4.69, 9.17) is 4.74 Å². The van der Waals surface area contributed by atoms with Crippen LogP contribution in [0.1, 0.15) is 25.0 Å². The van der Waals surface area contributed by atoms with Crippen LogP contribution in [-0.2, 0) is 11.3 Å². The molecule has 4 nitrogen and oxygen atoms in total. The quantitative estimate of drug-likeness (QED) is 0.830. The molecule has 0 amide bonds. The molecule has 0 aliphatic carbocycles. The second kappa shape index (κ2) is 7.38. The van der Waals surface area contributed by atoms with Crippen molar-refractivity contribution < 1.29 is 4.74 Å². The first-order valence-electron chi connectivity index (χ1n) is 7.80. The third-order valence-electron chi connectivity index (χ3n) is 3.98. The molecule has 1 unspecified atom stereocenters. The number of para-hydroxylation sites is 1. The molecule has 1 N–H and O–H groups in total. The molecule has 112 valence electrons. The van der Waals surface area contributed by atoms with E-state index in [-0.39, 0.29) is 0 Å². The van der Waals surface area contributed by atoms with Gasteiger partial charge in [0.2, 0.25) is 0 Å². The number of ether oxygens (including phenoxy) is 1. The lowest BCUT2D eigenvalue weighted by atomic mass is 9.97. The van der Waals surface area contributed by atoms with Gasteiger partial charge in [-0.05, 0) is 56.5 Å². The van der Waals surface area contributed by atoms with E-state index in [1.165, 1.54) is 19.4 Å². The Hall–Kier alpha value is -1.65. The molecule has 1 aliphatic heterocycles. The lowest BCUT2D eigenvalue weighted by Gasteiger charge is -2.22. The highest BCUT2D eigenvalue weighted by Crippen LogP contribution is 2.14. The summed E-state index contributed by atoms with van der Waals surface area (Å²) >= 11 is 0. The van der Waals surface area contributed by atoms with Gasteiger partial charge < -0.3 is 10.1 Å². The Kier molecular flexibility index (Phi) is 5.03. The highest BCUT2D eigenvalue weighted by Gasteiger charge is 2.12. The molecule has 3 rings (SSSR count). The molecule has 4 heteroatoms. The molecule has 0 bridgehead atoms. The average molecular weight is 285 g/mol. The van der Waals surface area contributed by atoms with Crippen LogP contribution in [0.3, 0.4) is 0 Å². The molecule has 0 saturated carbocycles. The first-order chi connectivity index (χ1) is 10.4. The molecule has 2 aromatic rings. The van der Waals surface area contributed by atoms with Gasteiger partial charge in [0.15, 0.2) is 0 Å². The molecular weight excluding hydrogens is 262 g/mol. The van der Waals surface area contributed by atoms with Gasteiger partial charge in [0, 0.05) is 12.8 Å². The number of aromatic nitrogens is 2. The maximum Gasteiger partial charge on any atom is 0.0906 e. The number of piperidine rings is 1. The van der Waals surface area contributed by atoms with Crippen LogP contribution in [0.2, 0.25) is 0 Å². The Morgan fingerprint density at radius 3 is 2.95 bits per heavy atom. The summed E-state index contributed by atoms with van der Waals surface area (Å²) in [6.07, 6.45) is 5.76. The molecule has 1 aromatic carbocycles. The molecule has 0 spiro atoms. The van der Waals surface area contributed by atoms with Gasteiger partial charge in [0.05, 0.1) is 18.0 Å². The third kappa shape index (κ3) is 4.16. The second-order valence-corrected chi connectivity index (χ2v) is 5.64. The summed E-state index contributed by atoms with van der Waals surface area (Å²) in [5.41, 5.74) is 2.07. The molecule has 1 saturated heterocycles. The standard InChI is InChI=1S/C17H23N3O/c1-2-6-17(7-3-1)20-11-8-16(19-20)14-21-12-9-15-5-4-10-18-13-15/h1-3,6-8,11,15,18H,4-5,9-10,12-14H2. The minimum absolute atomic E-state index is 0.597. The molecular formula is C17H23N3O. The van der Waals surface area contributed by atoms with Gasteiger partial charge in [0.25, 0.3) is 0 Å². The Labute approximate surface area is 126 Å². The number of rotatable bonds is 6. The van der Waals surface area contributed by atoms with Crippen molar-refractivity contribution in [1.29, 1.82) is 0 Å². The minimum atomic E-state index is 0.597. The number of hydrogen-bond acceptors (Lipinski definition) is 3. The Balaban J connectivity index is 1.42. The molecule has 1 fully saturated rings. The van der Waals surface area contributed by atoms with Crippen LogP contribution in [0.4, 0.5) is 0 Å². The lowest BCUT2D eigenvalue weighted by Crippen LogP contribution is -2.30. The van der Waals surface area contributed by atoms with Crippen molar-refractivity contribution in [3.63, 3.8) is 0 Å². The van der Waals surface area contributed by atoms with E-state index in [0.717, 1.165) is 36.9 Å². The first kappa shape index (κ1) is 14.3. The zero-order chi connectivity index (χ0) is 14.3. The normalized spacial score (nSPS) is 18.8. The third-order valence-corrected chi connectivity index (χ3v) is 3.98. The van der Waals surface area contributed by atoms with Gasteiger partial charge in [-0.3, -0.25) is 0 Å². The minimum Gasteiger partial charge on any atom is -0.375 e. The smallest absolute Gasteiger partial charge is 0.0906 e. The average Bonchev–Trinajstić information content (AvgIpc) is 3.02. The fourth-order valence-corrected chi connectivity index (χ4v) is 2.76. The van der Waals surface area contributed by atoms with Crippen LogP contribution < -0.4 is 5.32 Å². The van der Waals surface area contributed by atoms with Crippen molar-refractivity contribution in [1.82, 2.24) is 15.1 Å². The SMILES string of the molecule is c1ccc(-n2ccc(COCCC3CCCNC3)n2)cc1. The Morgan fingerprint density at radius 2 is 2.14 bits per heavy atom.